The third-order valence-electron chi connectivity index (χ3n) is 9.60. The molecule has 1 heterocycles. The number of rotatable bonds is 4. The van der Waals surface area contributed by atoms with Crippen LogP contribution in [-0.2, 0) is 0 Å². The van der Waals surface area contributed by atoms with E-state index in [0.29, 0.717) is 33.0 Å². The Bertz CT molecular complexity index is 2970. The summed E-state index contributed by atoms with van der Waals surface area (Å²) in [7, 11) is -20.5. The van der Waals surface area contributed by atoms with Gasteiger partial charge in [-0.15, -0.1) is 0 Å². The van der Waals surface area contributed by atoms with Gasteiger partial charge in [0, 0.05) is 0 Å². The van der Waals surface area contributed by atoms with Crippen LogP contribution in [0.4, 0.5) is 38.9 Å². The molecule has 270 valence electrons. The van der Waals surface area contributed by atoms with Crippen molar-refractivity contribution in [3.63, 3.8) is 0 Å². The van der Waals surface area contributed by atoms with Gasteiger partial charge in [-0.25, -0.2) is 0 Å². The minimum atomic E-state index is -10.2. The third kappa shape index (κ3) is 5.31. The van der Waals surface area contributed by atoms with Crippen LogP contribution in [0.5, 0.6) is 0 Å². The summed E-state index contributed by atoms with van der Waals surface area (Å²) in [6.07, 6.45) is 0. The first-order chi connectivity index (χ1) is 24.6. The molecule has 1 aromatic heterocycles. The summed E-state index contributed by atoms with van der Waals surface area (Å²) in [4.78, 5) is -3.90. The van der Waals surface area contributed by atoms with Crippen LogP contribution >= 0.6 is 20.4 Å². The van der Waals surface area contributed by atoms with E-state index in [1.807, 2.05) is 6.07 Å². The maximum atomic E-state index is 14.8. The van der Waals surface area contributed by atoms with Gasteiger partial charge in [-0.2, -0.15) is 0 Å². The van der Waals surface area contributed by atoms with Crippen molar-refractivity contribution < 1.29 is 38.9 Å². The first-order valence-electron chi connectivity index (χ1n) is 15.9. The fourth-order valence-corrected chi connectivity index (χ4v) is 12.8. The van der Waals surface area contributed by atoms with Crippen molar-refractivity contribution in [3.05, 3.63) is 133 Å². The first-order valence-corrected chi connectivity index (χ1v) is 21.5. The van der Waals surface area contributed by atoms with Crippen LogP contribution in [0.3, 0.4) is 0 Å². The second-order valence-corrected chi connectivity index (χ2v) is 19.9. The Hall–Kier alpha value is -4.68. The van der Waals surface area contributed by atoms with Gasteiger partial charge >= 0.3 is 302 Å². The molecule has 0 fully saturated rings. The first kappa shape index (κ1) is 34.1. The van der Waals surface area contributed by atoms with Gasteiger partial charge in [0.2, 0.25) is 0 Å². The Morgan fingerprint density at radius 3 is 1.04 bits per heavy atom. The number of fused-ring (bicyclic) bond motifs is 7. The van der Waals surface area contributed by atoms with Gasteiger partial charge in [0.1, 0.15) is 0 Å². The maximum absolute atomic E-state index is 14.8. The van der Waals surface area contributed by atoms with Crippen LogP contribution in [0.15, 0.2) is 143 Å². The van der Waals surface area contributed by atoms with E-state index in [2.05, 4.69) is 0 Å². The van der Waals surface area contributed by atoms with Gasteiger partial charge in [-0.1, -0.05) is 0 Å². The minimum absolute atomic E-state index is 0.0154. The molecule has 53 heavy (non-hydrogen) atoms. The van der Waals surface area contributed by atoms with Crippen LogP contribution in [0.25, 0.3) is 84.6 Å². The summed E-state index contributed by atoms with van der Waals surface area (Å²) < 4.78 is 150. The van der Waals surface area contributed by atoms with Gasteiger partial charge in [-0.3, -0.25) is 0 Å². The second kappa shape index (κ2) is 9.70. The van der Waals surface area contributed by atoms with Crippen molar-refractivity contribution in [3.8, 4) is 22.3 Å². The molecular weight excluding hydrogens is 814 g/mol. The topological polar surface area (TPSA) is 0 Å². The molecule has 0 spiro atoms. The summed E-state index contributed by atoms with van der Waals surface area (Å²) in [6, 6.07) is 31.4. The second-order valence-electron chi connectivity index (χ2n) is 13.0. The average Bonchev–Trinajstić information content (AvgIpc) is 3.46. The number of halogens is 10. The Morgan fingerprint density at radius 1 is 0.321 bits per heavy atom. The molecule has 0 N–H and O–H groups in total. The number of hydrogen-bond acceptors (Lipinski definition) is 0. The fourth-order valence-electron chi connectivity index (χ4n) is 7.84. The normalized spacial score (nSPS) is 15.6. The molecule has 8 aromatic carbocycles. The number of hydrogen-bond donors (Lipinski definition) is 0. The molecule has 0 saturated heterocycles. The van der Waals surface area contributed by atoms with Gasteiger partial charge in [0.25, 0.3) is 0 Å². The van der Waals surface area contributed by atoms with Gasteiger partial charge in [0.15, 0.2) is 0 Å². The zero-order chi connectivity index (χ0) is 37.5. The van der Waals surface area contributed by atoms with Crippen LogP contribution in [0, 0.1) is 0 Å². The van der Waals surface area contributed by atoms with Crippen molar-refractivity contribution in [2.75, 3.05) is 0 Å². The Kier molecular flexibility index (Phi) is 6.24. The van der Waals surface area contributed by atoms with E-state index in [1.54, 1.807) is 30.3 Å². The monoisotopic (exact) mass is 836 g/mol. The SMILES string of the molecule is FS(F)(F)(F)(F)c1c2ccccc2c(-c2cccc3c2[se]c2cccc(-c4c5ccccc5c(S(F)(F)(F)(F)F)c5ccccc45)c23)c2ccccc12. The molecule has 0 atom stereocenters. The molecule has 9 aromatic rings. The van der Waals surface area contributed by atoms with Crippen molar-refractivity contribution in [1.29, 1.82) is 0 Å². The van der Waals surface area contributed by atoms with Gasteiger partial charge in [-0.05, 0) is 0 Å². The fraction of sp³-hybridized carbons (Fsp3) is 0. The van der Waals surface area contributed by atoms with Crippen LogP contribution in [0.1, 0.15) is 0 Å². The third-order valence-corrected chi connectivity index (χ3v) is 14.5. The molecule has 0 nitrogen and oxygen atoms in total. The molecule has 0 aliphatic rings. The van der Waals surface area contributed by atoms with Crippen LogP contribution < -0.4 is 0 Å². The van der Waals surface area contributed by atoms with E-state index in [9.17, 15) is 38.9 Å². The number of benzene rings is 8. The zero-order valence-electron chi connectivity index (χ0n) is 26.7. The summed E-state index contributed by atoms with van der Waals surface area (Å²) in [5.41, 5.74) is 1.68. The van der Waals surface area contributed by atoms with E-state index in [1.165, 1.54) is 72.8 Å². The Labute approximate surface area is 300 Å². The molecule has 0 saturated carbocycles. The molecule has 0 aliphatic carbocycles. The predicted octanol–water partition coefficient (Wildman–Crippen LogP) is 16.3. The molecule has 0 amide bonds. The van der Waals surface area contributed by atoms with Crippen molar-refractivity contribution in [1.82, 2.24) is 0 Å². The standard InChI is InChI=1S/C40H22F10S2Se/c41-51(42,43,44,45)38-27-15-5-1-11-23(27)35(24-12-2-6-16-28(24)38)31-19-10-22-34-37(31)33-21-9-20-32(40(33)53-34)36-25-13-3-7-17-29(25)39(52(46,47,48,49)50)30-18-8-4-14-26(30)36/h1-22H. The molecule has 0 radical (unpaired) electrons. The van der Waals surface area contributed by atoms with E-state index in [4.69, 9.17) is 0 Å². The Balaban J connectivity index is 1.43. The van der Waals surface area contributed by atoms with Gasteiger partial charge in [0.05, 0.1) is 0 Å². The summed E-state index contributed by atoms with van der Waals surface area (Å²) >= 11 is -0.520. The van der Waals surface area contributed by atoms with Crippen LogP contribution in [0.2, 0.25) is 0 Å². The molecule has 9 rings (SSSR count). The summed E-state index contributed by atoms with van der Waals surface area (Å²) in [6.45, 7) is 0. The Morgan fingerprint density at radius 2 is 0.642 bits per heavy atom. The van der Waals surface area contributed by atoms with E-state index in [0.717, 1.165) is 32.8 Å². The summed E-state index contributed by atoms with van der Waals surface area (Å²) in [5, 5.41) is -1.33. The molecule has 0 aliphatic heterocycles. The van der Waals surface area contributed by atoms with Crippen molar-refractivity contribution >= 4 is 97.3 Å². The molecule has 13 heteroatoms. The molecular formula is C40H22F10S2Se. The average molecular weight is 836 g/mol. The summed E-state index contributed by atoms with van der Waals surface area (Å²) in [5.74, 6) is 0. The van der Waals surface area contributed by atoms with E-state index >= 15 is 0 Å². The molecule has 0 bridgehead atoms. The van der Waals surface area contributed by atoms with E-state index in [-0.39, 0.29) is 21.5 Å². The van der Waals surface area contributed by atoms with E-state index < -0.39 is 66.3 Å². The van der Waals surface area contributed by atoms with Crippen molar-refractivity contribution in [2.24, 2.45) is 0 Å². The zero-order valence-corrected chi connectivity index (χ0v) is 30.1. The molecule has 0 unspecified atom stereocenters. The van der Waals surface area contributed by atoms with Gasteiger partial charge < -0.3 is 0 Å². The predicted molar refractivity (Wildman–Crippen MR) is 202 cm³/mol. The quantitative estimate of drug-likeness (QED) is 0.0941. The van der Waals surface area contributed by atoms with Crippen molar-refractivity contribution in [2.45, 2.75) is 9.79 Å². The van der Waals surface area contributed by atoms with Crippen LogP contribution in [-0.4, -0.2) is 14.5 Å².